The summed E-state index contributed by atoms with van der Waals surface area (Å²) < 4.78 is 16.5. The van der Waals surface area contributed by atoms with Gasteiger partial charge in [0.2, 0.25) is 18.4 Å². The zero-order valence-electron chi connectivity index (χ0n) is 14.7. The van der Waals surface area contributed by atoms with Gasteiger partial charge in [0.1, 0.15) is 0 Å². The van der Waals surface area contributed by atoms with E-state index in [1.807, 2.05) is 12.1 Å². The Balaban J connectivity index is 1.88. The Bertz CT molecular complexity index is 851. The molecule has 0 radical (unpaired) electrons. The zero-order chi connectivity index (χ0) is 17.8. The van der Waals surface area contributed by atoms with Crippen LogP contribution in [-0.4, -0.2) is 30.0 Å². The number of aromatic nitrogens is 2. The molecule has 1 atom stereocenters. The molecule has 2 aliphatic heterocycles. The third-order valence-corrected chi connectivity index (χ3v) is 4.63. The highest BCUT2D eigenvalue weighted by Gasteiger charge is 2.36. The molecule has 4 rings (SSSR count). The molecule has 2 N–H and O–H groups in total. The number of hydrogen-bond donors (Lipinski definition) is 2. The van der Waals surface area contributed by atoms with Crippen molar-refractivity contribution in [1.82, 2.24) is 10.2 Å². The van der Waals surface area contributed by atoms with Crippen LogP contribution in [0.3, 0.4) is 0 Å². The fraction of sp³-hybridized carbons (Fsp3) is 0.444. The normalized spacial score (nSPS) is 18.7. The van der Waals surface area contributed by atoms with Crippen molar-refractivity contribution >= 4 is 11.7 Å². The largest absolute Gasteiger partial charge is 0.493 e. The van der Waals surface area contributed by atoms with Gasteiger partial charge in [-0.05, 0) is 17.7 Å². The predicted octanol–water partition coefficient (Wildman–Crippen LogP) is 2.92. The summed E-state index contributed by atoms with van der Waals surface area (Å²) in [4.78, 5) is 12.2. The van der Waals surface area contributed by atoms with E-state index < -0.39 is 0 Å². The topological polar surface area (TPSA) is 85.5 Å². The van der Waals surface area contributed by atoms with Gasteiger partial charge in [-0.15, -0.1) is 0 Å². The number of aromatic amines is 1. The van der Waals surface area contributed by atoms with Crippen LogP contribution in [0.25, 0.3) is 0 Å². The minimum Gasteiger partial charge on any atom is -0.493 e. The summed E-state index contributed by atoms with van der Waals surface area (Å²) in [6.07, 6.45) is 0.346. The average Bonchev–Trinajstić information content (AvgIpc) is 3.18. The van der Waals surface area contributed by atoms with Gasteiger partial charge < -0.3 is 19.5 Å². The van der Waals surface area contributed by atoms with Crippen molar-refractivity contribution in [3.8, 4) is 17.2 Å². The molecule has 1 amide bonds. The number of carbonyl (C=O) groups is 1. The number of methoxy groups -OCH3 is 1. The standard InChI is InChI=1S/C18H21N3O4/c1-18(2,3)16-14-10(7-13(22)19-17(14)21-20-16)9-5-11(23-4)15-12(6-9)24-8-25-15/h5-6,10H,7-8H2,1-4H3,(H2,19,20,21,22). The van der Waals surface area contributed by atoms with Crippen molar-refractivity contribution in [2.75, 3.05) is 19.2 Å². The monoisotopic (exact) mass is 343 g/mol. The van der Waals surface area contributed by atoms with Gasteiger partial charge in [0, 0.05) is 29.0 Å². The maximum absolute atomic E-state index is 12.2. The molecule has 1 aromatic carbocycles. The second kappa shape index (κ2) is 5.40. The number of benzene rings is 1. The summed E-state index contributed by atoms with van der Waals surface area (Å²) in [5, 5.41) is 10.3. The summed E-state index contributed by atoms with van der Waals surface area (Å²) in [5.41, 5.74) is 2.86. The summed E-state index contributed by atoms with van der Waals surface area (Å²) in [5.74, 6) is 2.28. The molecule has 7 heteroatoms. The number of hydrogen-bond acceptors (Lipinski definition) is 5. The van der Waals surface area contributed by atoms with Crippen molar-refractivity contribution < 1.29 is 19.0 Å². The highest BCUT2D eigenvalue weighted by atomic mass is 16.7. The molecule has 3 heterocycles. The third-order valence-electron chi connectivity index (χ3n) is 4.63. The molecule has 1 aromatic heterocycles. The van der Waals surface area contributed by atoms with Crippen LogP contribution >= 0.6 is 0 Å². The molecule has 132 valence electrons. The first kappa shape index (κ1) is 15.8. The second-order valence-electron chi connectivity index (χ2n) is 7.37. The molecule has 0 saturated heterocycles. The van der Waals surface area contributed by atoms with E-state index in [1.165, 1.54) is 0 Å². The predicted molar refractivity (Wildman–Crippen MR) is 91.5 cm³/mol. The van der Waals surface area contributed by atoms with Gasteiger partial charge in [0.25, 0.3) is 0 Å². The summed E-state index contributed by atoms with van der Waals surface area (Å²) in [6, 6.07) is 3.84. The maximum Gasteiger partial charge on any atom is 0.231 e. The number of ether oxygens (including phenoxy) is 3. The number of fused-ring (bicyclic) bond motifs is 2. The van der Waals surface area contributed by atoms with Crippen LogP contribution in [0.15, 0.2) is 12.1 Å². The Labute approximate surface area is 145 Å². The van der Waals surface area contributed by atoms with Crippen molar-refractivity contribution in [3.05, 3.63) is 29.0 Å². The highest BCUT2D eigenvalue weighted by Crippen LogP contribution is 2.47. The fourth-order valence-electron chi connectivity index (χ4n) is 3.46. The lowest BCUT2D eigenvalue weighted by atomic mass is 9.79. The van der Waals surface area contributed by atoms with E-state index in [-0.39, 0.29) is 24.0 Å². The Kier molecular flexibility index (Phi) is 3.42. The van der Waals surface area contributed by atoms with Crippen molar-refractivity contribution in [2.45, 2.75) is 38.5 Å². The third kappa shape index (κ3) is 2.50. The molecule has 0 bridgehead atoms. The van der Waals surface area contributed by atoms with Crippen molar-refractivity contribution in [3.63, 3.8) is 0 Å². The Hall–Kier alpha value is -2.70. The number of H-pyrrole nitrogens is 1. The first-order valence-electron chi connectivity index (χ1n) is 8.24. The number of anilines is 1. The van der Waals surface area contributed by atoms with Gasteiger partial charge >= 0.3 is 0 Å². The zero-order valence-corrected chi connectivity index (χ0v) is 14.7. The van der Waals surface area contributed by atoms with E-state index in [2.05, 4.69) is 36.3 Å². The van der Waals surface area contributed by atoms with Gasteiger partial charge in [0.05, 0.1) is 7.11 Å². The molecule has 0 fully saturated rings. The first-order chi connectivity index (χ1) is 11.9. The van der Waals surface area contributed by atoms with Gasteiger partial charge in [-0.25, -0.2) is 0 Å². The fourth-order valence-corrected chi connectivity index (χ4v) is 3.46. The number of carbonyl (C=O) groups excluding carboxylic acids is 1. The van der Waals surface area contributed by atoms with Gasteiger partial charge in [-0.1, -0.05) is 20.8 Å². The molecule has 0 aliphatic carbocycles. The summed E-state index contributed by atoms with van der Waals surface area (Å²) >= 11 is 0. The molecular weight excluding hydrogens is 322 g/mol. The van der Waals surface area contributed by atoms with E-state index in [1.54, 1.807) is 7.11 Å². The van der Waals surface area contributed by atoms with E-state index in [0.29, 0.717) is 29.5 Å². The highest BCUT2D eigenvalue weighted by molar-refractivity contribution is 5.94. The first-order valence-corrected chi connectivity index (χ1v) is 8.24. The summed E-state index contributed by atoms with van der Waals surface area (Å²) in [6.45, 7) is 6.53. The van der Waals surface area contributed by atoms with E-state index in [0.717, 1.165) is 16.8 Å². The van der Waals surface area contributed by atoms with Crippen LogP contribution in [0.4, 0.5) is 5.82 Å². The van der Waals surface area contributed by atoms with Gasteiger partial charge in [-0.3, -0.25) is 9.89 Å². The van der Waals surface area contributed by atoms with E-state index in [4.69, 9.17) is 14.2 Å². The molecule has 2 aromatic rings. The molecule has 7 nitrogen and oxygen atoms in total. The molecule has 2 aliphatic rings. The molecule has 0 saturated carbocycles. The number of rotatable bonds is 2. The second-order valence-corrected chi connectivity index (χ2v) is 7.37. The molecular formula is C18H21N3O4. The van der Waals surface area contributed by atoms with Crippen LogP contribution in [0.2, 0.25) is 0 Å². The van der Waals surface area contributed by atoms with Crippen molar-refractivity contribution in [2.24, 2.45) is 0 Å². The Morgan fingerprint density at radius 3 is 2.80 bits per heavy atom. The average molecular weight is 343 g/mol. The van der Waals surface area contributed by atoms with Gasteiger partial charge in [0.15, 0.2) is 17.3 Å². The van der Waals surface area contributed by atoms with Crippen LogP contribution in [0, 0.1) is 0 Å². The van der Waals surface area contributed by atoms with E-state index >= 15 is 0 Å². The number of nitrogens with zero attached hydrogens (tertiary/aromatic N) is 1. The van der Waals surface area contributed by atoms with E-state index in [9.17, 15) is 4.79 Å². The Morgan fingerprint density at radius 2 is 2.08 bits per heavy atom. The van der Waals surface area contributed by atoms with Crippen LogP contribution < -0.4 is 19.5 Å². The van der Waals surface area contributed by atoms with Crippen LogP contribution in [0.1, 0.15) is 49.9 Å². The lowest BCUT2D eigenvalue weighted by Gasteiger charge is -2.27. The molecule has 1 unspecified atom stereocenters. The minimum atomic E-state index is -0.125. The smallest absolute Gasteiger partial charge is 0.231 e. The van der Waals surface area contributed by atoms with Crippen LogP contribution in [0.5, 0.6) is 17.2 Å². The molecule has 25 heavy (non-hydrogen) atoms. The van der Waals surface area contributed by atoms with Gasteiger partial charge in [-0.2, -0.15) is 5.10 Å². The van der Waals surface area contributed by atoms with Crippen molar-refractivity contribution in [1.29, 1.82) is 0 Å². The minimum absolute atomic E-state index is 0.0545. The molecule has 0 spiro atoms. The Morgan fingerprint density at radius 1 is 1.28 bits per heavy atom. The number of nitrogens with one attached hydrogen (secondary N) is 2. The quantitative estimate of drug-likeness (QED) is 0.876. The summed E-state index contributed by atoms with van der Waals surface area (Å²) in [7, 11) is 1.60. The number of amides is 1. The van der Waals surface area contributed by atoms with Crippen LogP contribution in [-0.2, 0) is 10.2 Å². The lowest BCUT2D eigenvalue weighted by molar-refractivity contribution is -0.116. The SMILES string of the molecule is COc1cc(C2CC(=O)Nc3n[nH]c(C(C)(C)C)c32)cc2c1OCO2. The maximum atomic E-state index is 12.2. The lowest BCUT2D eigenvalue weighted by Crippen LogP contribution is -2.25.